The van der Waals surface area contributed by atoms with Crippen molar-refractivity contribution in [1.82, 2.24) is 29.9 Å². The highest BCUT2D eigenvalue weighted by Crippen LogP contribution is 2.55. The molecule has 11 heteroatoms. The number of aryl methyl sites for hydroxylation is 1. The van der Waals surface area contributed by atoms with Crippen LogP contribution < -0.4 is 11.1 Å². The zero-order valence-electron chi connectivity index (χ0n) is 16.4. The maximum absolute atomic E-state index is 13.2. The van der Waals surface area contributed by atoms with Crippen LogP contribution in [-0.2, 0) is 12.6 Å². The SMILES string of the molecule is C[C@@H]1C[C@@H]2CC(c3n[nH]c(=O)o3)(C1)N2C(=O)Nc1ccc(Cl)c(-c2ncn(C)n2)c1. The molecule has 1 unspecified atom stereocenters. The Morgan fingerprint density at radius 1 is 1.40 bits per heavy atom. The number of hydrogen-bond donors (Lipinski definition) is 2. The number of nitrogens with one attached hydrogen (secondary N) is 2. The molecule has 3 aromatic rings. The van der Waals surface area contributed by atoms with E-state index in [0.29, 0.717) is 34.4 Å². The summed E-state index contributed by atoms with van der Waals surface area (Å²) in [5, 5.41) is 14.0. The molecule has 3 aliphatic rings. The minimum absolute atomic E-state index is 0.0694. The van der Waals surface area contributed by atoms with Gasteiger partial charge in [0.05, 0.1) is 5.02 Å². The molecule has 3 atom stereocenters. The number of aromatic nitrogens is 5. The number of fused-ring (bicyclic) bond motifs is 2. The number of benzene rings is 1. The number of piperidine rings is 1. The standard InChI is InChI=1S/C19H20ClN7O3/c1-10-5-12-8-19(7-10,16-23-24-18(29)30-16)27(12)17(28)22-11-3-4-14(20)13(6-11)15-21-9-26(2)25-15/h3-4,6,9-10,12H,5,7-8H2,1-2H3,(H,22,28)(H,24,29)/t10-,12-,19?/m1/s1. The number of carbonyl (C=O) groups excluding carboxylic acids is 1. The first-order chi connectivity index (χ1) is 14.4. The minimum Gasteiger partial charge on any atom is -0.390 e. The Labute approximate surface area is 176 Å². The molecule has 4 heterocycles. The van der Waals surface area contributed by atoms with Gasteiger partial charge in [-0.05, 0) is 37.0 Å². The molecular formula is C19H20ClN7O3. The molecule has 2 amide bonds. The predicted octanol–water partition coefficient (Wildman–Crippen LogP) is 2.74. The average molecular weight is 430 g/mol. The summed E-state index contributed by atoms with van der Waals surface area (Å²) in [6, 6.07) is 4.97. The lowest BCUT2D eigenvalue weighted by molar-refractivity contribution is -0.110. The molecule has 10 nitrogen and oxygen atoms in total. The van der Waals surface area contributed by atoms with Crippen LogP contribution in [0.2, 0.25) is 5.02 Å². The molecule has 2 saturated heterocycles. The Bertz CT molecular complexity index is 1180. The van der Waals surface area contributed by atoms with Gasteiger partial charge in [-0.3, -0.25) is 4.68 Å². The second-order valence-electron chi connectivity index (χ2n) is 8.09. The molecule has 1 aromatic carbocycles. The largest absolute Gasteiger partial charge is 0.434 e. The van der Waals surface area contributed by atoms with Gasteiger partial charge in [-0.2, -0.15) is 5.10 Å². The van der Waals surface area contributed by atoms with Crippen LogP contribution in [0.25, 0.3) is 11.4 Å². The number of H-pyrrole nitrogens is 1. The van der Waals surface area contributed by atoms with Crippen LogP contribution >= 0.6 is 11.6 Å². The Morgan fingerprint density at radius 3 is 2.93 bits per heavy atom. The number of amides is 2. The number of rotatable bonds is 3. The zero-order chi connectivity index (χ0) is 21.0. The van der Waals surface area contributed by atoms with Crippen LogP contribution in [0.3, 0.4) is 0 Å². The third kappa shape index (κ3) is 2.90. The van der Waals surface area contributed by atoms with E-state index in [4.69, 9.17) is 16.0 Å². The van der Waals surface area contributed by atoms with Gasteiger partial charge in [-0.25, -0.2) is 19.7 Å². The van der Waals surface area contributed by atoms with E-state index in [9.17, 15) is 9.59 Å². The van der Waals surface area contributed by atoms with E-state index in [2.05, 4.69) is 32.5 Å². The zero-order valence-corrected chi connectivity index (χ0v) is 17.2. The molecule has 6 rings (SSSR count). The molecule has 156 valence electrons. The van der Waals surface area contributed by atoms with E-state index in [0.717, 1.165) is 12.8 Å². The summed E-state index contributed by atoms with van der Waals surface area (Å²) in [6.45, 7) is 2.13. The Morgan fingerprint density at radius 2 is 2.23 bits per heavy atom. The van der Waals surface area contributed by atoms with E-state index in [1.807, 2.05) is 0 Å². The van der Waals surface area contributed by atoms with Gasteiger partial charge in [0.1, 0.15) is 11.9 Å². The number of anilines is 1. The van der Waals surface area contributed by atoms with Crippen molar-refractivity contribution < 1.29 is 9.21 Å². The Kier molecular flexibility index (Phi) is 4.21. The number of urea groups is 1. The molecule has 2 aromatic heterocycles. The predicted molar refractivity (Wildman–Crippen MR) is 108 cm³/mol. The molecular weight excluding hydrogens is 410 g/mol. The van der Waals surface area contributed by atoms with Crippen molar-refractivity contribution in [3.8, 4) is 11.4 Å². The Balaban J connectivity index is 1.43. The first-order valence-electron chi connectivity index (χ1n) is 9.67. The average Bonchev–Trinajstić information content (AvgIpc) is 3.31. The van der Waals surface area contributed by atoms with Crippen molar-refractivity contribution in [2.75, 3.05) is 5.32 Å². The minimum atomic E-state index is -0.705. The molecule has 1 saturated carbocycles. The highest BCUT2D eigenvalue weighted by Gasteiger charge is 2.62. The quantitative estimate of drug-likeness (QED) is 0.660. The lowest BCUT2D eigenvalue weighted by Crippen LogP contribution is -2.70. The fourth-order valence-electron chi connectivity index (χ4n) is 4.80. The summed E-state index contributed by atoms with van der Waals surface area (Å²) in [4.78, 5) is 30.7. The first kappa shape index (κ1) is 18.9. The van der Waals surface area contributed by atoms with E-state index in [-0.39, 0.29) is 18.0 Å². The number of hydrogen-bond acceptors (Lipinski definition) is 6. The highest BCUT2D eigenvalue weighted by molar-refractivity contribution is 6.33. The number of aromatic amines is 1. The van der Waals surface area contributed by atoms with Crippen molar-refractivity contribution in [3.05, 3.63) is 46.0 Å². The fourth-order valence-corrected chi connectivity index (χ4v) is 5.00. The monoisotopic (exact) mass is 429 g/mol. The second-order valence-corrected chi connectivity index (χ2v) is 8.50. The van der Waals surface area contributed by atoms with Gasteiger partial charge in [0, 0.05) is 30.8 Å². The lowest BCUT2D eigenvalue weighted by atomic mass is 9.64. The van der Waals surface area contributed by atoms with Crippen molar-refractivity contribution >= 4 is 23.3 Å². The van der Waals surface area contributed by atoms with Gasteiger partial charge in [0.15, 0.2) is 5.82 Å². The molecule has 2 aliphatic heterocycles. The molecule has 30 heavy (non-hydrogen) atoms. The van der Waals surface area contributed by atoms with Crippen molar-refractivity contribution in [2.24, 2.45) is 13.0 Å². The summed E-state index contributed by atoms with van der Waals surface area (Å²) >= 11 is 6.31. The van der Waals surface area contributed by atoms with Gasteiger partial charge in [-0.15, -0.1) is 5.10 Å². The van der Waals surface area contributed by atoms with Crippen LogP contribution in [0.5, 0.6) is 0 Å². The summed E-state index contributed by atoms with van der Waals surface area (Å²) in [5.74, 6) is 0.515. The molecule has 0 radical (unpaired) electrons. The highest BCUT2D eigenvalue weighted by atomic mass is 35.5. The van der Waals surface area contributed by atoms with Crippen molar-refractivity contribution in [3.63, 3.8) is 0 Å². The summed E-state index contributed by atoms with van der Waals surface area (Å²) in [7, 11) is 1.77. The lowest BCUT2D eigenvalue weighted by Gasteiger charge is -2.61. The van der Waals surface area contributed by atoms with Gasteiger partial charge in [-0.1, -0.05) is 18.5 Å². The van der Waals surface area contributed by atoms with E-state index in [1.54, 1.807) is 41.2 Å². The van der Waals surface area contributed by atoms with Crippen molar-refractivity contribution in [1.29, 1.82) is 0 Å². The van der Waals surface area contributed by atoms with Gasteiger partial charge in [0.2, 0.25) is 5.89 Å². The second kappa shape index (κ2) is 6.69. The van der Waals surface area contributed by atoms with Gasteiger partial charge in [0.25, 0.3) is 0 Å². The summed E-state index contributed by atoms with van der Waals surface area (Å²) in [5.41, 5.74) is 0.493. The topological polar surface area (TPSA) is 122 Å². The van der Waals surface area contributed by atoms with E-state index >= 15 is 0 Å². The Hall–Kier alpha value is -3.14. The number of nitrogens with zero attached hydrogens (tertiary/aromatic N) is 5. The van der Waals surface area contributed by atoms with Gasteiger partial charge < -0.3 is 14.6 Å². The third-order valence-corrected chi connectivity index (χ3v) is 6.20. The number of halogens is 1. The summed E-state index contributed by atoms with van der Waals surface area (Å²) < 4.78 is 6.84. The van der Waals surface area contributed by atoms with E-state index in [1.165, 1.54) is 0 Å². The smallest absolute Gasteiger partial charge is 0.390 e. The maximum Gasteiger partial charge on any atom is 0.434 e. The van der Waals surface area contributed by atoms with Crippen LogP contribution in [-0.4, -0.2) is 41.9 Å². The number of carbonyl (C=O) groups is 1. The molecule has 2 bridgehead atoms. The first-order valence-corrected chi connectivity index (χ1v) is 10.1. The maximum atomic E-state index is 13.2. The van der Waals surface area contributed by atoms with Crippen LogP contribution in [0.4, 0.5) is 10.5 Å². The fraction of sp³-hybridized carbons (Fsp3) is 0.421. The third-order valence-electron chi connectivity index (χ3n) is 5.87. The summed E-state index contributed by atoms with van der Waals surface area (Å²) in [6.07, 6.45) is 3.89. The van der Waals surface area contributed by atoms with Crippen LogP contribution in [0, 0.1) is 5.92 Å². The molecule has 2 N–H and O–H groups in total. The normalized spacial score (nSPS) is 25.1. The van der Waals surface area contributed by atoms with Gasteiger partial charge >= 0.3 is 11.8 Å². The van der Waals surface area contributed by atoms with E-state index < -0.39 is 11.3 Å². The van der Waals surface area contributed by atoms with Crippen LogP contribution in [0.15, 0.2) is 33.7 Å². The van der Waals surface area contributed by atoms with Crippen LogP contribution in [0.1, 0.15) is 32.1 Å². The molecule has 1 aliphatic carbocycles. The molecule has 3 fully saturated rings. The molecule has 0 spiro atoms. The van der Waals surface area contributed by atoms with Crippen molar-refractivity contribution in [2.45, 2.75) is 37.8 Å².